The van der Waals surface area contributed by atoms with E-state index in [4.69, 9.17) is 10.5 Å². The van der Waals surface area contributed by atoms with Gasteiger partial charge in [-0.25, -0.2) is 0 Å². The van der Waals surface area contributed by atoms with E-state index >= 15 is 0 Å². The standard InChI is InChI=1S/C14H24N2OS/c1-4-12(15)13(11-5-8-18-9-11)16-6-7-17-10-14(16,2)3/h5,8-9,12-13H,4,6-7,10,15H2,1-3H3. The van der Waals surface area contributed by atoms with Crippen LogP contribution in [0.1, 0.15) is 38.8 Å². The molecule has 2 rings (SSSR count). The average Bonchev–Trinajstić information content (AvgIpc) is 2.84. The van der Waals surface area contributed by atoms with Crippen LogP contribution in [0.15, 0.2) is 16.8 Å². The van der Waals surface area contributed by atoms with Crippen molar-refractivity contribution in [3.63, 3.8) is 0 Å². The van der Waals surface area contributed by atoms with Gasteiger partial charge in [0.15, 0.2) is 0 Å². The van der Waals surface area contributed by atoms with Gasteiger partial charge in [-0.1, -0.05) is 6.92 Å². The highest BCUT2D eigenvalue weighted by Gasteiger charge is 2.38. The van der Waals surface area contributed by atoms with Gasteiger partial charge in [0.2, 0.25) is 0 Å². The van der Waals surface area contributed by atoms with E-state index in [1.807, 2.05) is 0 Å². The number of nitrogens with zero attached hydrogens (tertiary/aromatic N) is 1. The zero-order chi connectivity index (χ0) is 13.2. The van der Waals surface area contributed by atoms with Crippen LogP contribution in [0.3, 0.4) is 0 Å². The summed E-state index contributed by atoms with van der Waals surface area (Å²) in [5.74, 6) is 0. The first-order chi connectivity index (χ1) is 8.56. The SMILES string of the molecule is CCC(N)C(c1ccsc1)N1CCOCC1(C)C. The third-order valence-corrected chi connectivity index (χ3v) is 4.51. The molecule has 2 atom stereocenters. The van der Waals surface area contributed by atoms with E-state index in [1.54, 1.807) is 11.3 Å². The third-order valence-electron chi connectivity index (χ3n) is 3.81. The van der Waals surface area contributed by atoms with Crippen LogP contribution in [-0.4, -0.2) is 36.2 Å². The van der Waals surface area contributed by atoms with Gasteiger partial charge in [0, 0.05) is 18.1 Å². The number of morpholine rings is 1. The molecule has 0 radical (unpaired) electrons. The van der Waals surface area contributed by atoms with Crippen molar-refractivity contribution in [1.82, 2.24) is 4.90 Å². The van der Waals surface area contributed by atoms with Gasteiger partial charge in [0.1, 0.15) is 0 Å². The van der Waals surface area contributed by atoms with Crippen LogP contribution in [-0.2, 0) is 4.74 Å². The molecular weight excluding hydrogens is 244 g/mol. The van der Waals surface area contributed by atoms with Crippen molar-refractivity contribution in [1.29, 1.82) is 0 Å². The maximum Gasteiger partial charge on any atom is 0.0645 e. The Morgan fingerprint density at radius 1 is 1.56 bits per heavy atom. The number of nitrogens with two attached hydrogens (primary N) is 1. The Bertz CT molecular complexity index is 364. The Kier molecular flexibility index (Phi) is 4.43. The molecule has 0 amide bonds. The maximum absolute atomic E-state index is 6.38. The van der Waals surface area contributed by atoms with Crippen molar-refractivity contribution in [2.24, 2.45) is 5.73 Å². The normalized spacial score (nSPS) is 23.8. The lowest BCUT2D eigenvalue weighted by atomic mass is 9.92. The van der Waals surface area contributed by atoms with Crippen molar-refractivity contribution in [2.75, 3.05) is 19.8 Å². The smallest absolute Gasteiger partial charge is 0.0645 e. The Balaban J connectivity index is 2.28. The fourth-order valence-electron chi connectivity index (χ4n) is 2.71. The topological polar surface area (TPSA) is 38.5 Å². The summed E-state index contributed by atoms with van der Waals surface area (Å²) in [5, 5.41) is 4.36. The Morgan fingerprint density at radius 2 is 2.33 bits per heavy atom. The molecule has 1 aliphatic heterocycles. The third kappa shape index (κ3) is 2.77. The summed E-state index contributed by atoms with van der Waals surface area (Å²) in [6.45, 7) is 9.20. The monoisotopic (exact) mass is 268 g/mol. The molecule has 4 heteroatoms. The van der Waals surface area contributed by atoms with Crippen LogP contribution < -0.4 is 5.73 Å². The van der Waals surface area contributed by atoms with Crippen molar-refractivity contribution < 1.29 is 4.74 Å². The van der Waals surface area contributed by atoms with Gasteiger partial charge in [-0.3, -0.25) is 4.90 Å². The molecule has 1 aliphatic rings. The van der Waals surface area contributed by atoms with E-state index in [1.165, 1.54) is 5.56 Å². The molecule has 1 aromatic rings. The summed E-state index contributed by atoms with van der Waals surface area (Å²) in [4.78, 5) is 2.52. The second-order valence-electron chi connectivity index (χ2n) is 5.63. The largest absolute Gasteiger partial charge is 0.378 e. The van der Waals surface area contributed by atoms with Crippen LogP contribution >= 0.6 is 11.3 Å². The van der Waals surface area contributed by atoms with E-state index in [0.717, 1.165) is 26.2 Å². The van der Waals surface area contributed by atoms with Crippen LogP contribution in [0.25, 0.3) is 0 Å². The molecule has 3 nitrogen and oxygen atoms in total. The molecule has 1 saturated heterocycles. The minimum Gasteiger partial charge on any atom is -0.378 e. The lowest BCUT2D eigenvalue weighted by Gasteiger charge is -2.48. The van der Waals surface area contributed by atoms with Crippen molar-refractivity contribution >= 4 is 11.3 Å². The molecule has 18 heavy (non-hydrogen) atoms. The van der Waals surface area contributed by atoms with Gasteiger partial charge in [-0.2, -0.15) is 11.3 Å². The molecule has 2 N–H and O–H groups in total. The summed E-state index contributed by atoms with van der Waals surface area (Å²) < 4.78 is 5.62. The molecule has 2 unspecified atom stereocenters. The van der Waals surface area contributed by atoms with Crippen molar-refractivity contribution in [3.05, 3.63) is 22.4 Å². The molecule has 1 fully saturated rings. The number of ether oxygens (including phenoxy) is 1. The molecule has 2 heterocycles. The fraction of sp³-hybridized carbons (Fsp3) is 0.714. The molecule has 0 saturated carbocycles. The summed E-state index contributed by atoms with van der Waals surface area (Å²) in [6.07, 6.45) is 0.994. The van der Waals surface area contributed by atoms with Crippen LogP contribution in [0.2, 0.25) is 0 Å². The Labute approximate surface area is 114 Å². The van der Waals surface area contributed by atoms with Crippen LogP contribution in [0, 0.1) is 0 Å². The van der Waals surface area contributed by atoms with Crippen molar-refractivity contribution in [3.8, 4) is 0 Å². The number of hydrogen-bond donors (Lipinski definition) is 1. The highest BCUT2D eigenvalue weighted by Crippen LogP contribution is 2.34. The number of rotatable bonds is 4. The fourth-order valence-corrected chi connectivity index (χ4v) is 3.40. The van der Waals surface area contributed by atoms with Gasteiger partial charge in [0.25, 0.3) is 0 Å². The molecule has 102 valence electrons. The molecule has 0 spiro atoms. The lowest BCUT2D eigenvalue weighted by molar-refractivity contribution is -0.0776. The molecule has 0 aromatic carbocycles. The molecule has 1 aromatic heterocycles. The average molecular weight is 268 g/mol. The van der Waals surface area contributed by atoms with Gasteiger partial charge in [-0.05, 0) is 42.7 Å². The first-order valence-electron chi connectivity index (χ1n) is 6.68. The summed E-state index contributed by atoms with van der Waals surface area (Å²) >= 11 is 1.75. The lowest BCUT2D eigenvalue weighted by Crippen LogP contribution is -2.57. The summed E-state index contributed by atoms with van der Waals surface area (Å²) in [7, 11) is 0. The van der Waals surface area contributed by atoms with Crippen LogP contribution in [0.4, 0.5) is 0 Å². The molecule has 0 aliphatic carbocycles. The molecule has 0 bridgehead atoms. The van der Waals surface area contributed by atoms with E-state index in [-0.39, 0.29) is 11.6 Å². The van der Waals surface area contributed by atoms with E-state index < -0.39 is 0 Å². The maximum atomic E-state index is 6.38. The van der Waals surface area contributed by atoms with E-state index in [9.17, 15) is 0 Å². The van der Waals surface area contributed by atoms with Crippen LogP contribution in [0.5, 0.6) is 0 Å². The minimum atomic E-state index is 0.0532. The van der Waals surface area contributed by atoms with E-state index in [2.05, 4.69) is 42.5 Å². The second kappa shape index (κ2) is 5.70. The van der Waals surface area contributed by atoms with Gasteiger partial charge < -0.3 is 10.5 Å². The Hall–Kier alpha value is -0.420. The number of hydrogen-bond acceptors (Lipinski definition) is 4. The second-order valence-corrected chi connectivity index (χ2v) is 6.41. The summed E-state index contributed by atoms with van der Waals surface area (Å²) in [5.41, 5.74) is 7.79. The zero-order valence-electron chi connectivity index (χ0n) is 11.6. The molecular formula is C14H24N2OS. The quantitative estimate of drug-likeness (QED) is 0.912. The highest BCUT2D eigenvalue weighted by atomic mass is 32.1. The number of thiophene rings is 1. The predicted molar refractivity (Wildman–Crippen MR) is 76.9 cm³/mol. The first-order valence-corrected chi connectivity index (χ1v) is 7.62. The van der Waals surface area contributed by atoms with Gasteiger partial charge >= 0.3 is 0 Å². The Morgan fingerprint density at radius 3 is 2.89 bits per heavy atom. The first kappa shape index (κ1) is 14.0. The minimum absolute atomic E-state index is 0.0532. The van der Waals surface area contributed by atoms with Gasteiger partial charge in [-0.15, -0.1) is 0 Å². The summed E-state index contributed by atoms with van der Waals surface area (Å²) in [6, 6.07) is 2.69. The van der Waals surface area contributed by atoms with Crippen molar-refractivity contribution in [2.45, 2.75) is 44.8 Å². The zero-order valence-corrected chi connectivity index (χ0v) is 12.4. The van der Waals surface area contributed by atoms with E-state index in [0.29, 0.717) is 6.04 Å². The highest BCUT2D eigenvalue weighted by molar-refractivity contribution is 7.07. The predicted octanol–water partition coefficient (Wildman–Crippen LogP) is 2.64. The van der Waals surface area contributed by atoms with Gasteiger partial charge in [0.05, 0.1) is 19.3 Å².